The highest BCUT2D eigenvalue weighted by Crippen LogP contribution is 2.42. The molecular weight excluding hydrogens is 278 g/mol. The molecule has 0 aromatic heterocycles. The smallest absolute Gasteiger partial charge is 0.269 e. The standard InChI is InChI=1S/C17H21N3O2/c1-12-5-4-10-17(2,3)16(12)15(11-18)19-13-6-8-14(9-7-13)20(21)22/h6-9,15,19H,4-5,10H2,1-3H3. The van der Waals surface area contributed by atoms with E-state index in [9.17, 15) is 15.4 Å². The molecule has 0 aliphatic heterocycles. The molecule has 5 heteroatoms. The second kappa shape index (κ2) is 6.18. The molecule has 1 N–H and O–H groups in total. The number of hydrogen-bond acceptors (Lipinski definition) is 4. The fourth-order valence-corrected chi connectivity index (χ4v) is 3.29. The number of hydrogen-bond donors (Lipinski definition) is 1. The Hall–Kier alpha value is -2.35. The Labute approximate surface area is 130 Å². The topological polar surface area (TPSA) is 79.0 Å². The van der Waals surface area contributed by atoms with Crippen LogP contribution in [0, 0.1) is 26.9 Å². The average Bonchev–Trinajstić information content (AvgIpc) is 2.45. The first-order chi connectivity index (χ1) is 10.3. The Balaban J connectivity index is 2.26. The monoisotopic (exact) mass is 299 g/mol. The van der Waals surface area contributed by atoms with E-state index in [0.717, 1.165) is 30.5 Å². The van der Waals surface area contributed by atoms with Crippen LogP contribution in [-0.4, -0.2) is 11.0 Å². The van der Waals surface area contributed by atoms with Gasteiger partial charge >= 0.3 is 0 Å². The molecule has 0 bridgehead atoms. The van der Waals surface area contributed by atoms with Gasteiger partial charge in [0.1, 0.15) is 6.04 Å². The Kier molecular flexibility index (Phi) is 4.51. The van der Waals surface area contributed by atoms with Crippen LogP contribution in [0.15, 0.2) is 35.4 Å². The summed E-state index contributed by atoms with van der Waals surface area (Å²) in [6, 6.07) is 8.13. The highest BCUT2D eigenvalue weighted by atomic mass is 16.6. The molecule has 0 amide bonds. The summed E-state index contributed by atoms with van der Waals surface area (Å²) in [6.07, 6.45) is 3.25. The summed E-state index contributed by atoms with van der Waals surface area (Å²) >= 11 is 0. The van der Waals surface area contributed by atoms with E-state index >= 15 is 0 Å². The van der Waals surface area contributed by atoms with Gasteiger partial charge in [0.05, 0.1) is 11.0 Å². The van der Waals surface area contributed by atoms with Gasteiger partial charge in [-0.2, -0.15) is 5.26 Å². The Morgan fingerprint density at radius 2 is 2.00 bits per heavy atom. The van der Waals surface area contributed by atoms with Crippen molar-refractivity contribution in [1.82, 2.24) is 0 Å². The summed E-state index contributed by atoms with van der Waals surface area (Å²) in [6.45, 7) is 6.44. The largest absolute Gasteiger partial charge is 0.366 e. The number of nitrogens with zero attached hydrogens (tertiary/aromatic N) is 2. The second-order valence-electron chi connectivity index (χ2n) is 6.44. The Morgan fingerprint density at radius 3 is 2.50 bits per heavy atom. The molecule has 1 aliphatic carbocycles. The number of anilines is 1. The van der Waals surface area contributed by atoms with Crippen LogP contribution in [0.2, 0.25) is 0 Å². The van der Waals surface area contributed by atoms with Crippen LogP contribution in [0.25, 0.3) is 0 Å². The number of benzene rings is 1. The molecule has 0 spiro atoms. The van der Waals surface area contributed by atoms with E-state index in [2.05, 4.69) is 32.2 Å². The normalized spacial score (nSPS) is 18.5. The molecule has 1 atom stereocenters. The number of allylic oxidation sites excluding steroid dienone is 1. The van der Waals surface area contributed by atoms with Crippen LogP contribution >= 0.6 is 0 Å². The molecule has 0 radical (unpaired) electrons. The van der Waals surface area contributed by atoms with Gasteiger partial charge < -0.3 is 5.32 Å². The van der Waals surface area contributed by atoms with E-state index in [4.69, 9.17) is 0 Å². The quantitative estimate of drug-likeness (QED) is 0.507. The maximum atomic E-state index is 10.7. The van der Waals surface area contributed by atoms with Crippen molar-refractivity contribution in [2.45, 2.75) is 46.1 Å². The number of nitro groups is 1. The van der Waals surface area contributed by atoms with Gasteiger partial charge in [-0.3, -0.25) is 10.1 Å². The van der Waals surface area contributed by atoms with E-state index in [1.807, 2.05) is 0 Å². The zero-order valence-corrected chi connectivity index (χ0v) is 13.2. The van der Waals surface area contributed by atoms with E-state index in [1.54, 1.807) is 12.1 Å². The van der Waals surface area contributed by atoms with E-state index in [-0.39, 0.29) is 11.1 Å². The number of nitrogens with one attached hydrogen (secondary N) is 1. The SMILES string of the molecule is CC1=C(C(C#N)Nc2ccc([N+](=O)[O-])cc2)C(C)(C)CCC1. The van der Waals surface area contributed by atoms with Gasteiger partial charge in [-0.25, -0.2) is 0 Å². The summed E-state index contributed by atoms with van der Waals surface area (Å²) in [7, 11) is 0. The first-order valence-corrected chi connectivity index (χ1v) is 7.46. The second-order valence-corrected chi connectivity index (χ2v) is 6.44. The number of nitro benzene ring substituents is 1. The lowest BCUT2D eigenvalue weighted by atomic mass is 9.70. The van der Waals surface area contributed by atoms with Crippen LogP contribution in [0.3, 0.4) is 0 Å². The molecule has 0 heterocycles. The van der Waals surface area contributed by atoms with Gasteiger partial charge in [0.15, 0.2) is 0 Å². The van der Waals surface area contributed by atoms with Gasteiger partial charge in [0.2, 0.25) is 0 Å². The number of rotatable bonds is 4. The maximum Gasteiger partial charge on any atom is 0.269 e. The maximum absolute atomic E-state index is 10.7. The van der Waals surface area contributed by atoms with Crippen LogP contribution in [0.5, 0.6) is 0 Å². The molecule has 116 valence electrons. The van der Waals surface area contributed by atoms with Crippen molar-refractivity contribution in [3.8, 4) is 6.07 Å². The highest BCUT2D eigenvalue weighted by Gasteiger charge is 2.33. The Morgan fingerprint density at radius 1 is 1.36 bits per heavy atom. The molecule has 0 saturated heterocycles. The van der Waals surface area contributed by atoms with Crippen LogP contribution in [0.4, 0.5) is 11.4 Å². The molecule has 1 aromatic carbocycles. The molecule has 2 rings (SSSR count). The van der Waals surface area contributed by atoms with Crippen molar-refractivity contribution in [2.24, 2.45) is 5.41 Å². The fourth-order valence-electron chi connectivity index (χ4n) is 3.29. The molecule has 1 aliphatic rings. The van der Waals surface area contributed by atoms with Crippen molar-refractivity contribution in [1.29, 1.82) is 5.26 Å². The van der Waals surface area contributed by atoms with Crippen LogP contribution < -0.4 is 5.32 Å². The van der Waals surface area contributed by atoms with Crippen molar-refractivity contribution in [3.63, 3.8) is 0 Å². The summed E-state index contributed by atoms with van der Waals surface area (Å²) < 4.78 is 0. The third kappa shape index (κ3) is 3.28. The number of non-ortho nitro benzene ring substituents is 1. The van der Waals surface area contributed by atoms with Gasteiger partial charge in [-0.15, -0.1) is 0 Å². The summed E-state index contributed by atoms with van der Waals surface area (Å²) in [5.41, 5.74) is 3.19. The lowest BCUT2D eigenvalue weighted by Crippen LogP contribution is -2.33. The van der Waals surface area contributed by atoms with E-state index in [0.29, 0.717) is 0 Å². The predicted molar refractivity (Wildman–Crippen MR) is 86.5 cm³/mol. The van der Waals surface area contributed by atoms with Crippen molar-refractivity contribution in [2.75, 3.05) is 5.32 Å². The lowest BCUT2D eigenvalue weighted by Gasteiger charge is -2.37. The van der Waals surface area contributed by atoms with Gasteiger partial charge in [0, 0.05) is 17.8 Å². The zero-order valence-electron chi connectivity index (χ0n) is 13.2. The van der Waals surface area contributed by atoms with Gasteiger partial charge in [-0.05, 0) is 49.3 Å². The summed E-state index contributed by atoms with van der Waals surface area (Å²) in [5.74, 6) is 0. The fraction of sp³-hybridized carbons (Fsp3) is 0.471. The summed E-state index contributed by atoms with van der Waals surface area (Å²) in [5, 5.41) is 23.5. The highest BCUT2D eigenvalue weighted by molar-refractivity contribution is 5.53. The third-order valence-electron chi connectivity index (χ3n) is 4.35. The number of nitriles is 1. The molecule has 22 heavy (non-hydrogen) atoms. The third-order valence-corrected chi connectivity index (χ3v) is 4.35. The van der Waals surface area contributed by atoms with Gasteiger partial charge in [-0.1, -0.05) is 19.4 Å². The lowest BCUT2D eigenvalue weighted by molar-refractivity contribution is -0.384. The first-order valence-electron chi connectivity index (χ1n) is 7.46. The molecule has 0 saturated carbocycles. The molecule has 5 nitrogen and oxygen atoms in total. The summed E-state index contributed by atoms with van der Waals surface area (Å²) in [4.78, 5) is 10.3. The first kappa shape index (κ1) is 16.0. The zero-order chi connectivity index (χ0) is 16.3. The van der Waals surface area contributed by atoms with Crippen molar-refractivity contribution in [3.05, 3.63) is 45.5 Å². The van der Waals surface area contributed by atoms with Gasteiger partial charge in [0.25, 0.3) is 5.69 Å². The minimum absolute atomic E-state index is 0.00347. The van der Waals surface area contributed by atoms with Crippen LogP contribution in [-0.2, 0) is 0 Å². The minimum atomic E-state index is -0.428. The molecular formula is C17H21N3O2. The molecule has 1 unspecified atom stereocenters. The van der Waals surface area contributed by atoms with E-state index < -0.39 is 11.0 Å². The average molecular weight is 299 g/mol. The minimum Gasteiger partial charge on any atom is -0.366 e. The Bertz CT molecular complexity index is 639. The molecule has 0 fully saturated rings. The molecule has 1 aromatic rings. The van der Waals surface area contributed by atoms with E-state index in [1.165, 1.54) is 17.7 Å². The van der Waals surface area contributed by atoms with Crippen molar-refractivity contribution >= 4 is 11.4 Å². The van der Waals surface area contributed by atoms with Crippen LogP contribution in [0.1, 0.15) is 40.0 Å². The van der Waals surface area contributed by atoms with Crippen molar-refractivity contribution < 1.29 is 4.92 Å². The predicted octanol–water partition coefficient (Wildman–Crippen LogP) is 4.43.